The van der Waals surface area contributed by atoms with Crippen molar-refractivity contribution in [3.63, 3.8) is 0 Å². The van der Waals surface area contributed by atoms with Crippen molar-refractivity contribution in [1.82, 2.24) is 29.5 Å². The van der Waals surface area contributed by atoms with Crippen molar-refractivity contribution < 1.29 is 33.0 Å². The van der Waals surface area contributed by atoms with Crippen LogP contribution in [0.4, 0.5) is 25.4 Å². The van der Waals surface area contributed by atoms with Crippen LogP contribution in [0.2, 0.25) is 0 Å². The van der Waals surface area contributed by atoms with Crippen LogP contribution >= 0.6 is 62.1 Å². The molecule has 0 aliphatic heterocycles. The molecule has 2 atom stereocenters. The third-order valence-electron chi connectivity index (χ3n) is 7.30. The molecular weight excluding hydrogens is 892 g/mol. The van der Waals surface area contributed by atoms with Gasteiger partial charge in [-0.2, -0.15) is 0 Å². The highest BCUT2D eigenvalue weighted by atomic mass is 79.9. The summed E-state index contributed by atoms with van der Waals surface area (Å²) < 4.78 is 28.1. The first-order chi connectivity index (χ1) is 27.5. The number of para-hydroxylation sites is 1. The van der Waals surface area contributed by atoms with E-state index in [1.807, 2.05) is 12.1 Å². The smallest absolute Gasteiger partial charge is 0.422 e. The summed E-state index contributed by atoms with van der Waals surface area (Å²) in [5, 5.41) is 23.8. The van der Waals surface area contributed by atoms with E-state index in [0.717, 1.165) is 26.8 Å². The van der Waals surface area contributed by atoms with E-state index in [1.54, 1.807) is 114 Å². The Morgan fingerprint density at radius 2 is 1.21 bits per heavy atom. The average molecular weight is 928 g/mol. The van der Waals surface area contributed by atoms with Crippen LogP contribution in [0.15, 0.2) is 94.6 Å². The Bertz CT molecular complexity index is 2410. The fourth-order valence-electron chi connectivity index (χ4n) is 4.90. The summed E-state index contributed by atoms with van der Waals surface area (Å²) in [6.45, 7) is 10.3. The van der Waals surface area contributed by atoms with Gasteiger partial charge >= 0.3 is 12.2 Å². The van der Waals surface area contributed by atoms with Gasteiger partial charge in [0.05, 0.1) is 9.75 Å². The fourth-order valence-corrected chi connectivity index (χ4v) is 8.62. The van der Waals surface area contributed by atoms with Crippen LogP contribution < -0.4 is 10.6 Å². The molecule has 6 aromatic rings. The van der Waals surface area contributed by atoms with E-state index in [0.29, 0.717) is 32.9 Å². The van der Waals surface area contributed by atoms with Crippen LogP contribution in [0.5, 0.6) is 0 Å². The molecule has 0 saturated carbocycles. The van der Waals surface area contributed by atoms with Gasteiger partial charge in [-0.3, -0.25) is 9.59 Å². The van der Waals surface area contributed by atoms with Gasteiger partial charge in [-0.05, 0) is 107 Å². The van der Waals surface area contributed by atoms with E-state index < -0.39 is 39.0 Å². The number of rotatable bonds is 11. The molecule has 58 heavy (non-hydrogen) atoms. The number of amides is 2. The highest BCUT2D eigenvalue weighted by molar-refractivity contribution is 9.11. The Kier molecular flexibility index (Phi) is 13.2. The van der Waals surface area contributed by atoms with Crippen molar-refractivity contribution in [2.24, 2.45) is 0 Å². The molecule has 0 saturated heterocycles. The second-order valence-corrected chi connectivity index (χ2v) is 19.8. The lowest BCUT2D eigenvalue weighted by atomic mass is 10.2. The number of ether oxygens (including phenoxy) is 2. The van der Waals surface area contributed by atoms with Crippen molar-refractivity contribution in [3.05, 3.63) is 84.2 Å². The van der Waals surface area contributed by atoms with Crippen LogP contribution in [-0.2, 0) is 19.1 Å². The first-order valence-corrected chi connectivity index (χ1v) is 21.7. The van der Waals surface area contributed by atoms with Crippen LogP contribution in [0, 0.1) is 0 Å². The van der Waals surface area contributed by atoms with Crippen molar-refractivity contribution in [1.29, 1.82) is 0 Å². The summed E-state index contributed by atoms with van der Waals surface area (Å²) in [5.74, 6) is -0.934. The SMILES string of the molecule is CC(C)(C)OC(=O)n1c(SC(F)C(=O)Nc2ccc(-c3ccc(-c4nnc(SC(Br)C(=O)Nc5ccccc5)n4C(=O)OC(C)(C)C)s3)cc2)nnc1-c1cccs1. The number of hydrogen-bond donors (Lipinski definition) is 2. The fraction of sp³-hybridized carbons (Fsp3) is 0.263. The number of aromatic nitrogens is 6. The monoisotopic (exact) mass is 926 g/mol. The quantitative estimate of drug-likeness (QED) is 0.0932. The second kappa shape index (κ2) is 17.9. The first-order valence-electron chi connectivity index (χ1n) is 17.4. The van der Waals surface area contributed by atoms with Crippen LogP contribution in [-0.4, -0.2) is 74.4 Å². The third-order valence-corrected chi connectivity index (χ3v) is 12.1. The Balaban J connectivity index is 1.15. The summed E-state index contributed by atoms with van der Waals surface area (Å²) in [4.78, 5) is 54.6. The molecule has 302 valence electrons. The summed E-state index contributed by atoms with van der Waals surface area (Å²) in [6, 6.07) is 22.8. The summed E-state index contributed by atoms with van der Waals surface area (Å²) in [6.07, 6.45) is -1.52. The van der Waals surface area contributed by atoms with E-state index in [2.05, 4.69) is 47.0 Å². The molecule has 0 aliphatic rings. The lowest BCUT2D eigenvalue weighted by molar-refractivity contribution is -0.118. The van der Waals surface area contributed by atoms with Crippen molar-refractivity contribution in [3.8, 4) is 31.8 Å². The highest BCUT2D eigenvalue weighted by Gasteiger charge is 2.31. The van der Waals surface area contributed by atoms with E-state index in [9.17, 15) is 19.2 Å². The number of thiophene rings is 2. The summed E-state index contributed by atoms with van der Waals surface area (Å²) in [5.41, 5.74) is -2.12. The van der Waals surface area contributed by atoms with Gasteiger partial charge in [0.2, 0.25) is 21.7 Å². The lowest BCUT2D eigenvalue weighted by Gasteiger charge is -2.20. The first kappa shape index (κ1) is 42.7. The van der Waals surface area contributed by atoms with Gasteiger partial charge in [-0.1, -0.05) is 64.1 Å². The molecule has 2 N–H and O–H groups in total. The number of carbonyl (C=O) groups is 4. The number of hydrogen-bond acceptors (Lipinski definition) is 14. The third kappa shape index (κ3) is 10.8. The number of thioether (sulfide) groups is 2. The van der Waals surface area contributed by atoms with Gasteiger partial charge in [-0.15, -0.1) is 43.1 Å². The predicted molar refractivity (Wildman–Crippen MR) is 228 cm³/mol. The topological polar surface area (TPSA) is 172 Å². The average Bonchev–Trinajstić information content (AvgIpc) is 3.98. The molecule has 6 rings (SSSR count). The maximum absolute atomic E-state index is 15.4. The zero-order valence-electron chi connectivity index (χ0n) is 31.8. The molecule has 0 aliphatic carbocycles. The van der Waals surface area contributed by atoms with E-state index in [-0.39, 0.29) is 27.9 Å². The van der Waals surface area contributed by atoms with Gasteiger partial charge < -0.3 is 20.1 Å². The summed E-state index contributed by atoms with van der Waals surface area (Å²) >= 11 is 7.47. The number of halogens is 2. The highest BCUT2D eigenvalue weighted by Crippen LogP contribution is 2.38. The molecule has 4 aromatic heterocycles. The molecule has 0 radical (unpaired) electrons. The van der Waals surface area contributed by atoms with Crippen LogP contribution in [0.3, 0.4) is 0 Å². The number of anilines is 2. The zero-order chi connectivity index (χ0) is 41.8. The van der Waals surface area contributed by atoms with Gasteiger partial charge in [0.15, 0.2) is 11.6 Å². The lowest BCUT2D eigenvalue weighted by Crippen LogP contribution is -2.28. The van der Waals surface area contributed by atoms with Gasteiger partial charge in [0.1, 0.15) is 15.4 Å². The molecule has 20 heteroatoms. The molecule has 2 unspecified atom stereocenters. The Hall–Kier alpha value is -4.89. The Morgan fingerprint density at radius 1 is 0.672 bits per heavy atom. The van der Waals surface area contributed by atoms with Gasteiger partial charge in [0.25, 0.3) is 5.91 Å². The molecule has 0 bridgehead atoms. The number of nitrogens with one attached hydrogen (secondary N) is 2. The zero-order valence-corrected chi connectivity index (χ0v) is 36.6. The molecule has 4 heterocycles. The molecule has 0 fully saturated rings. The maximum atomic E-state index is 15.4. The number of alkyl halides is 2. The number of carbonyl (C=O) groups excluding carboxylic acids is 4. The molecular formula is C38H36BrFN8O6S4. The largest absolute Gasteiger partial charge is 0.443 e. The second-order valence-electron chi connectivity index (χ2n) is 14.2. The van der Waals surface area contributed by atoms with Crippen molar-refractivity contribution in [2.75, 3.05) is 10.6 Å². The number of benzene rings is 2. The Labute approximate surface area is 357 Å². The molecule has 14 nitrogen and oxygen atoms in total. The Morgan fingerprint density at radius 3 is 1.78 bits per heavy atom. The maximum Gasteiger partial charge on any atom is 0.422 e. The van der Waals surface area contributed by atoms with Crippen molar-refractivity contribution in [2.45, 2.75) is 72.7 Å². The van der Waals surface area contributed by atoms with Gasteiger partial charge in [-0.25, -0.2) is 23.1 Å². The predicted octanol–water partition coefficient (Wildman–Crippen LogP) is 10.0. The number of nitrogens with zero attached hydrogens (tertiary/aromatic N) is 6. The molecule has 0 spiro atoms. The standard InChI is InChI=1S/C38H36BrFN8O6S4/c1-37(2,3)53-35(51)47-29(25-13-10-20-55-25)43-46-34(47)58-28(40)32(50)42-23-16-14-21(15-17-23)24-18-19-26(56-24)30-44-45-33(48(30)36(52)54-38(4,5)6)57-27(39)31(49)41-22-11-8-7-9-12-22/h7-20,27-28H,1-6H3,(H,41,49)(H,42,50). The normalized spacial score (nSPS) is 12.8. The van der Waals surface area contributed by atoms with Gasteiger partial charge in [0, 0.05) is 16.3 Å². The molecule has 2 amide bonds. The minimum atomic E-state index is -2.15. The van der Waals surface area contributed by atoms with Crippen LogP contribution in [0.25, 0.3) is 31.8 Å². The minimum absolute atomic E-state index is 0.140. The summed E-state index contributed by atoms with van der Waals surface area (Å²) in [7, 11) is 0. The van der Waals surface area contributed by atoms with Crippen molar-refractivity contribution >= 4 is 97.5 Å². The van der Waals surface area contributed by atoms with E-state index in [4.69, 9.17) is 9.47 Å². The van der Waals surface area contributed by atoms with Crippen LogP contribution in [0.1, 0.15) is 41.5 Å². The minimum Gasteiger partial charge on any atom is -0.443 e. The van der Waals surface area contributed by atoms with E-state index >= 15 is 4.39 Å². The molecule has 2 aromatic carbocycles. The van der Waals surface area contributed by atoms with E-state index in [1.165, 1.54) is 27.2 Å².